The van der Waals surface area contributed by atoms with Crippen molar-refractivity contribution < 1.29 is 0 Å². The highest BCUT2D eigenvalue weighted by atomic mass is 14.0. The molecule has 0 radical (unpaired) electrons. The van der Waals surface area contributed by atoms with E-state index < -0.39 is 0 Å². The van der Waals surface area contributed by atoms with Crippen molar-refractivity contribution in [3.05, 3.63) is 36.5 Å². The van der Waals surface area contributed by atoms with Crippen LogP contribution in [0.3, 0.4) is 0 Å². The second-order valence-electron chi connectivity index (χ2n) is 3.86. The monoisotopic (exact) mass is 194 g/mol. The van der Waals surface area contributed by atoms with Gasteiger partial charge in [-0.05, 0) is 32.6 Å². The van der Waals surface area contributed by atoms with Crippen molar-refractivity contribution in [2.75, 3.05) is 0 Å². The molecule has 82 valence electrons. The van der Waals surface area contributed by atoms with E-state index in [2.05, 4.69) is 52.5 Å². The summed E-state index contributed by atoms with van der Waals surface area (Å²) in [4.78, 5) is 0. The molecule has 0 aliphatic rings. The minimum atomic E-state index is 0.779. The van der Waals surface area contributed by atoms with Crippen molar-refractivity contribution in [1.29, 1.82) is 0 Å². The van der Waals surface area contributed by atoms with Crippen LogP contribution in [0.15, 0.2) is 36.5 Å². The zero-order valence-electron chi connectivity index (χ0n) is 10.5. The first kappa shape index (κ1) is 15.7. The number of hydrogen-bond acceptors (Lipinski definition) is 0. The van der Waals surface area contributed by atoms with Gasteiger partial charge in [0.1, 0.15) is 0 Å². The van der Waals surface area contributed by atoms with Gasteiger partial charge < -0.3 is 0 Å². The van der Waals surface area contributed by atoms with E-state index in [1.54, 1.807) is 6.08 Å². The lowest BCUT2D eigenvalue weighted by Crippen LogP contribution is -1.86. The molecule has 0 aliphatic heterocycles. The van der Waals surface area contributed by atoms with Gasteiger partial charge in [-0.1, -0.05) is 50.6 Å². The smallest absolute Gasteiger partial charge is 0.0297 e. The molecule has 0 aromatic carbocycles. The highest BCUT2D eigenvalue weighted by Crippen LogP contribution is 2.09. The molecule has 0 unspecified atom stereocenters. The predicted octanol–water partition coefficient (Wildman–Crippen LogP) is 5.14. The largest absolute Gasteiger partial charge is 0.103 e. The van der Waals surface area contributed by atoms with Gasteiger partial charge in [0.2, 0.25) is 0 Å². The zero-order valence-corrected chi connectivity index (χ0v) is 10.5. The molecule has 0 aromatic heterocycles. The van der Waals surface area contributed by atoms with E-state index >= 15 is 0 Å². The molecule has 0 fully saturated rings. The molecule has 0 saturated heterocycles. The molecule has 0 spiro atoms. The maximum atomic E-state index is 3.36. The fourth-order valence-corrected chi connectivity index (χ4v) is 1.08. The first-order valence-corrected chi connectivity index (χ1v) is 5.47. The van der Waals surface area contributed by atoms with Crippen molar-refractivity contribution in [2.24, 2.45) is 5.92 Å². The molecular weight excluding hydrogens is 168 g/mol. The van der Waals surface area contributed by atoms with Crippen molar-refractivity contribution >= 4 is 0 Å². The molecule has 0 heterocycles. The number of hydrogen-bond donors (Lipinski definition) is 0. The number of allylic oxidation sites excluding steroid dienone is 5. The zero-order chi connectivity index (χ0) is 11.4. The summed E-state index contributed by atoms with van der Waals surface area (Å²) in [5.41, 5.74) is 1.48. The minimum Gasteiger partial charge on any atom is -0.103 e. The molecule has 0 atom stereocenters. The molecule has 0 heteroatoms. The summed E-state index contributed by atoms with van der Waals surface area (Å²) < 4.78 is 0. The van der Waals surface area contributed by atoms with Gasteiger partial charge in [-0.3, -0.25) is 0 Å². The number of rotatable bonds is 4. The summed E-state index contributed by atoms with van der Waals surface area (Å²) in [6.07, 6.45) is 10.6. The molecule has 0 amide bonds. The fourth-order valence-electron chi connectivity index (χ4n) is 1.08. The second-order valence-corrected chi connectivity index (χ2v) is 3.86. The van der Waals surface area contributed by atoms with Crippen LogP contribution >= 0.6 is 0 Å². The quantitative estimate of drug-likeness (QED) is 0.429. The van der Waals surface area contributed by atoms with E-state index in [1.165, 1.54) is 12.0 Å². The third-order valence-corrected chi connectivity index (χ3v) is 1.48. The van der Waals surface area contributed by atoms with Gasteiger partial charge in [0, 0.05) is 0 Å². The lowest BCUT2D eigenvalue weighted by molar-refractivity contribution is 0.642. The average Bonchev–Trinajstić information content (AvgIpc) is 2.04. The van der Waals surface area contributed by atoms with Crippen molar-refractivity contribution in [3.63, 3.8) is 0 Å². The Morgan fingerprint density at radius 2 is 1.86 bits per heavy atom. The summed E-state index contributed by atoms with van der Waals surface area (Å²) in [5, 5.41) is 0. The van der Waals surface area contributed by atoms with Crippen LogP contribution in [0.2, 0.25) is 0 Å². The van der Waals surface area contributed by atoms with Gasteiger partial charge >= 0.3 is 0 Å². The highest BCUT2D eigenvalue weighted by Gasteiger charge is 1.92. The van der Waals surface area contributed by atoms with Crippen LogP contribution in [0.1, 0.15) is 47.5 Å². The molecule has 0 aromatic rings. The standard InChI is InChI=1S/C11H20.C3H6/c1-5-6-7-8-11(4)9-10(2)3;1-3-2/h6-8,10H,5,9H2,1-4H3;3H,1H2,2H3/b7-6-,11-8+;. The Kier molecular flexibility index (Phi) is 13.7. The maximum absolute atomic E-state index is 3.36. The third kappa shape index (κ3) is 17.3. The van der Waals surface area contributed by atoms with E-state index in [4.69, 9.17) is 0 Å². The van der Waals surface area contributed by atoms with Crippen LogP contribution in [0.4, 0.5) is 0 Å². The summed E-state index contributed by atoms with van der Waals surface area (Å²) in [5.74, 6) is 0.779. The second kappa shape index (κ2) is 12.2. The van der Waals surface area contributed by atoms with E-state index in [0.717, 1.165) is 12.3 Å². The summed E-state index contributed by atoms with van der Waals surface area (Å²) in [7, 11) is 0. The Morgan fingerprint density at radius 1 is 1.36 bits per heavy atom. The molecule has 0 saturated carbocycles. The van der Waals surface area contributed by atoms with E-state index in [-0.39, 0.29) is 0 Å². The van der Waals surface area contributed by atoms with Crippen molar-refractivity contribution in [2.45, 2.75) is 47.5 Å². The van der Waals surface area contributed by atoms with Crippen molar-refractivity contribution in [3.8, 4) is 0 Å². The summed E-state index contributed by atoms with van der Waals surface area (Å²) in [6.45, 7) is 14.1. The normalized spacial score (nSPS) is 11.4. The van der Waals surface area contributed by atoms with Crippen LogP contribution in [0.5, 0.6) is 0 Å². The average molecular weight is 194 g/mol. The van der Waals surface area contributed by atoms with E-state index in [9.17, 15) is 0 Å². The van der Waals surface area contributed by atoms with Crippen molar-refractivity contribution in [1.82, 2.24) is 0 Å². The van der Waals surface area contributed by atoms with Gasteiger partial charge in [0.05, 0.1) is 0 Å². The van der Waals surface area contributed by atoms with Crippen LogP contribution in [0.25, 0.3) is 0 Å². The molecule has 0 N–H and O–H groups in total. The van der Waals surface area contributed by atoms with Gasteiger partial charge in [-0.15, -0.1) is 6.58 Å². The van der Waals surface area contributed by atoms with Crippen LogP contribution in [-0.2, 0) is 0 Å². The molecule has 0 aliphatic carbocycles. The van der Waals surface area contributed by atoms with Crippen LogP contribution in [0, 0.1) is 5.92 Å². The topological polar surface area (TPSA) is 0 Å². The van der Waals surface area contributed by atoms with E-state index in [0.29, 0.717) is 0 Å². The van der Waals surface area contributed by atoms with Gasteiger partial charge in [-0.25, -0.2) is 0 Å². The van der Waals surface area contributed by atoms with Crippen LogP contribution < -0.4 is 0 Å². The molecule has 14 heavy (non-hydrogen) atoms. The fraction of sp³-hybridized carbons (Fsp3) is 0.571. The Labute approximate surface area is 90.4 Å². The SMILES string of the molecule is C=CC.CC/C=C\C=C(/C)CC(C)C. The Balaban J connectivity index is 0. The van der Waals surface area contributed by atoms with E-state index in [1.807, 2.05) is 6.92 Å². The van der Waals surface area contributed by atoms with Gasteiger partial charge in [0.15, 0.2) is 0 Å². The predicted molar refractivity (Wildman–Crippen MR) is 68.5 cm³/mol. The summed E-state index contributed by atoms with van der Waals surface area (Å²) in [6, 6.07) is 0. The lowest BCUT2D eigenvalue weighted by Gasteiger charge is -2.02. The summed E-state index contributed by atoms with van der Waals surface area (Å²) >= 11 is 0. The van der Waals surface area contributed by atoms with Crippen LogP contribution in [-0.4, -0.2) is 0 Å². The first-order chi connectivity index (χ1) is 6.58. The Hall–Kier alpha value is -0.780. The van der Waals surface area contributed by atoms with Gasteiger partial charge in [-0.2, -0.15) is 0 Å². The Morgan fingerprint density at radius 3 is 2.21 bits per heavy atom. The third-order valence-electron chi connectivity index (χ3n) is 1.48. The molecule has 0 bridgehead atoms. The van der Waals surface area contributed by atoms with Gasteiger partial charge in [0.25, 0.3) is 0 Å². The minimum absolute atomic E-state index is 0.779. The first-order valence-electron chi connectivity index (χ1n) is 5.47. The Bertz CT molecular complexity index is 170. The maximum Gasteiger partial charge on any atom is -0.0297 e. The lowest BCUT2D eigenvalue weighted by atomic mass is 10.0. The highest BCUT2D eigenvalue weighted by molar-refractivity contribution is 5.10. The molecule has 0 rings (SSSR count). The molecular formula is C14H26. The molecule has 0 nitrogen and oxygen atoms in total.